The van der Waals surface area contributed by atoms with Crippen LogP contribution in [0.1, 0.15) is 0 Å². The van der Waals surface area contributed by atoms with Crippen LogP contribution in [0.4, 0.5) is 0 Å². The SMILES string of the molecule is C[SiH3].NO. The highest BCUT2D eigenvalue weighted by Crippen LogP contribution is 0.960. The number of nitrogens with two attached hydrogens (primary N) is 1. The van der Waals surface area contributed by atoms with Crippen molar-refractivity contribution in [3.05, 3.63) is 0 Å². The van der Waals surface area contributed by atoms with E-state index in [1.807, 2.05) is 0 Å². The summed E-state index contributed by atoms with van der Waals surface area (Å²) in [7, 11) is 1.31. The Bertz CT molecular complexity index is 8.00. The van der Waals surface area contributed by atoms with Crippen LogP contribution in [0.15, 0.2) is 0 Å². The average Bonchev–Trinajstić information content (AvgIpc) is 1.50. The van der Waals surface area contributed by atoms with Crippen LogP contribution in [-0.2, 0) is 0 Å². The summed E-state index contributed by atoms with van der Waals surface area (Å²) in [5.74, 6) is 3.50. The third kappa shape index (κ3) is 147. The minimum Gasteiger partial charge on any atom is -0.320 e. The molecule has 0 unspecified atom stereocenters. The molecule has 0 amide bonds. The van der Waals surface area contributed by atoms with E-state index in [2.05, 4.69) is 12.4 Å². The Morgan fingerprint density at radius 3 is 1.50 bits per heavy atom. The minimum atomic E-state index is 1.31. The summed E-state index contributed by atoms with van der Waals surface area (Å²) in [4.78, 5) is 0. The maximum absolute atomic E-state index is 6.50. The molecule has 0 radical (unpaired) electrons. The van der Waals surface area contributed by atoms with Crippen LogP contribution in [0.2, 0.25) is 6.55 Å². The predicted molar refractivity (Wildman–Crippen MR) is 21.8 cm³/mol. The van der Waals surface area contributed by atoms with E-state index in [4.69, 9.17) is 5.21 Å². The van der Waals surface area contributed by atoms with Gasteiger partial charge in [-0.1, -0.05) is 6.55 Å². The molecule has 28 valence electrons. The van der Waals surface area contributed by atoms with Gasteiger partial charge in [0.25, 0.3) is 0 Å². The van der Waals surface area contributed by atoms with E-state index in [0.717, 1.165) is 0 Å². The Balaban J connectivity index is 0. The molecule has 0 aromatic carbocycles. The first-order valence-electron chi connectivity index (χ1n) is 1.26. The average molecular weight is 79.2 g/mol. The summed E-state index contributed by atoms with van der Waals surface area (Å²) in [5, 5.41) is 6.50. The molecule has 0 aliphatic carbocycles. The van der Waals surface area contributed by atoms with Crippen LogP contribution in [0.5, 0.6) is 0 Å². The maximum atomic E-state index is 6.50. The van der Waals surface area contributed by atoms with E-state index < -0.39 is 0 Å². The number of rotatable bonds is 0. The van der Waals surface area contributed by atoms with Crippen molar-refractivity contribution in [2.75, 3.05) is 0 Å². The van der Waals surface area contributed by atoms with Gasteiger partial charge < -0.3 is 5.21 Å². The molecule has 0 atom stereocenters. The molecule has 2 nitrogen and oxygen atoms in total. The fourth-order valence-electron chi connectivity index (χ4n) is 0. The third-order valence-electron chi connectivity index (χ3n) is 0. The normalized spacial score (nSPS) is 3.75. The molecular formula is CH9NOSi. The molecule has 0 aliphatic heterocycles. The van der Waals surface area contributed by atoms with Crippen molar-refractivity contribution < 1.29 is 5.21 Å². The second-order valence-electron chi connectivity index (χ2n) is 0. The van der Waals surface area contributed by atoms with Crippen LogP contribution in [0.25, 0.3) is 0 Å². The lowest BCUT2D eigenvalue weighted by molar-refractivity contribution is 0.311. The van der Waals surface area contributed by atoms with Gasteiger partial charge in [-0.3, -0.25) is 0 Å². The topological polar surface area (TPSA) is 46.2 Å². The predicted octanol–water partition coefficient (Wildman–Crippen LogP) is -1.27. The van der Waals surface area contributed by atoms with Crippen molar-refractivity contribution in [2.24, 2.45) is 5.90 Å². The Labute approximate surface area is 29.0 Å². The minimum absolute atomic E-state index is 1.31. The summed E-state index contributed by atoms with van der Waals surface area (Å²) in [5.41, 5.74) is 0. The lowest BCUT2D eigenvalue weighted by Gasteiger charge is -1.27. The van der Waals surface area contributed by atoms with Crippen molar-refractivity contribution in [1.82, 2.24) is 0 Å². The van der Waals surface area contributed by atoms with Crippen molar-refractivity contribution in [1.29, 1.82) is 0 Å². The van der Waals surface area contributed by atoms with Gasteiger partial charge >= 0.3 is 0 Å². The van der Waals surface area contributed by atoms with Crippen LogP contribution in [0, 0.1) is 0 Å². The van der Waals surface area contributed by atoms with Crippen molar-refractivity contribution in [3.8, 4) is 0 Å². The quantitative estimate of drug-likeness (QED) is 0.281. The first-order chi connectivity index (χ1) is 2.00. The summed E-state index contributed by atoms with van der Waals surface area (Å²) in [6, 6.07) is 0. The van der Waals surface area contributed by atoms with E-state index in [1.165, 1.54) is 10.2 Å². The van der Waals surface area contributed by atoms with E-state index in [9.17, 15) is 0 Å². The Kier molecular flexibility index (Phi) is 1700. The Morgan fingerprint density at radius 1 is 1.50 bits per heavy atom. The molecule has 0 aromatic heterocycles. The molecule has 0 spiro atoms. The smallest absolute Gasteiger partial charge is 0.000585 e. The van der Waals surface area contributed by atoms with E-state index >= 15 is 0 Å². The molecule has 0 saturated carbocycles. The summed E-state index contributed by atoms with van der Waals surface area (Å²) in [6.45, 7) is 2.14. The fraction of sp³-hybridized carbons (Fsp3) is 1.00. The highest BCUT2D eigenvalue weighted by molar-refractivity contribution is 6.05. The summed E-state index contributed by atoms with van der Waals surface area (Å²) < 4.78 is 0. The number of hydrogen-bond acceptors (Lipinski definition) is 2. The van der Waals surface area contributed by atoms with Gasteiger partial charge in [0.15, 0.2) is 0 Å². The van der Waals surface area contributed by atoms with E-state index in [0.29, 0.717) is 0 Å². The third-order valence-corrected chi connectivity index (χ3v) is 0. The second-order valence-corrected chi connectivity index (χ2v) is 0. The van der Waals surface area contributed by atoms with E-state index in [1.54, 1.807) is 0 Å². The highest BCUT2D eigenvalue weighted by atomic mass is 28.1. The molecule has 3 heteroatoms. The molecule has 0 heterocycles. The van der Waals surface area contributed by atoms with Gasteiger partial charge in [-0.15, -0.1) is 0 Å². The van der Waals surface area contributed by atoms with Gasteiger partial charge in [0.1, 0.15) is 0 Å². The molecule has 4 heavy (non-hydrogen) atoms. The molecule has 0 bridgehead atoms. The molecular weight excluding hydrogens is 70.1 g/mol. The van der Waals surface area contributed by atoms with Gasteiger partial charge in [0, 0.05) is 0 Å². The molecule has 3 N–H and O–H groups in total. The monoisotopic (exact) mass is 79.0 g/mol. The zero-order valence-corrected chi connectivity index (χ0v) is 5.02. The van der Waals surface area contributed by atoms with Crippen LogP contribution in [0.3, 0.4) is 0 Å². The summed E-state index contributed by atoms with van der Waals surface area (Å²) in [6.07, 6.45) is 0. The Hall–Kier alpha value is 0.137. The van der Waals surface area contributed by atoms with Crippen LogP contribution < -0.4 is 5.90 Å². The lowest BCUT2D eigenvalue weighted by atomic mass is 11.9. The molecule has 0 rings (SSSR count). The zero-order chi connectivity index (χ0) is 4.00. The van der Waals surface area contributed by atoms with Gasteiger partial charge in [0.2, 0.25) is 0 Å². The fourth-order valence-corrected chi connectivity index (χ4v) is 0. The molecule has 0 fully saturated rings. The van der Waals surface area contributed by atoms with Crippen LogP contribution >= 0.6 is 0 Å². The Morgan fingerprint density at radius 2 is 1.50 bits per heavy atom. The first-order valence-corrected chi connectivity index (χ1v) is 3.26. The summed E-state index contributed by atoms with van der Waals surface area (Å²) >= 11 is 0. The highest BCUT2D eigenvalue weighted by Gasteiger charge is 0.962. The molecule has 0 saturated heterocycles. The van der Waals surface area contributed by atoms with Crippen molar-refractivity contribution in [3.63, 3.8) is 0 Å². The van der Waals surface area contributed by atoms with Crippen molar-refractivity contribution >= 4 is 10.2 Å². The first kappa shape index (κ1) is 8.91. The van der Waals surface area contributed by atoms with Crippen molar-refractivity contribution in [2.45, 2.75) is 6.55 Å². The second kappa shape index (κ2) is 764. The van der Waals surface area contributed by atoms with E-state index in [-0.39, 0.29) is 0 Å². The van der Waals surface area contributed by atoms with Gasteiger partial charge in [-0.25, -0.2) is 5.90 Å². The van der Waals surface area contributed by atoms with Gasteiger partial charge in [0.05, 0.1) is 0 Å². The maximum Gasteiger partial charge on any atom is -0.000585 e. The van der Waals surface area contributed by atoms with Gasteiger partial charge in [-0.2, -0.15) is 0 Å². The standard InChI is InChI=1S/CH6Si.H3NO/c2*1-2/h1-2H3;2H,1H2. The zero-order valence-electron chi connectivity index (χ0n) is 3.02. The molecule has 0 aromatic rings. The van der Waals surface area contributed by atoms with Gasteiger partial charge in [-0.05, 0) is 10.2 Å². The van der Waals surface area contributed by atoms with Crippen LogP contribution in [-0.4, -0.2) is 15.4 Å². The number of hydrogen-bond donors (Lipinski definition) is 2. The lowest BCUT2D eigenvalue weighted by Crippen LogP contribution is -1.72. The molecule has 0 aliphatic rings. The largest absolute Gasteiger partial charge is 0.320 e.